The Hall–Kier alpha value is 0.377. The summed E-state index contributed by atoms with van der Waals surface area (Å²) in [7, 11) is -4.04. The summed E-state index contributed by atoms with van der Waals surface area (Å²) in [5.74, 6) is 0. The lowest BCUT2D eigenvalue weighted by atomic mass is 10.6. The van der Waals surface area contributed by atoms with Crippen LogP contribution in [-0.4, -0.2) is 27.1 Å². The maximum atomic E-state index is 13.9. The largest absolute Gasteiger partial charge is 0.359 e. The van der Waals surface area contributed by atoms with Crippen LogP contribution in [-0.2, 0) is 0 Å². The van der Waals surface area contributed by atoms with Crippen molar-refractivity contribution in [3.8, 4) is 0 Å². The molecule has 0 aliphatic heterocycles. The molecule has 0 aliphatic carbocycles. The quantitative estimate of drug-likeness (QED) is 0.339. The van der Waals surface area contributed by atoms with E-state index in [9.17, 15) is 4.11 Å². The lowest BCUT2D eigenvalue weighted by molar-refractivity contribution is 0.799. The molecule has 0 rings (SSSR count). The minimum Gasteiger partial charge on any atom is -0.305 e. The van der Waals surface area contributed by atoms with Gasteiger partial charge in [-0.05, 0) is 38.6 Å². The van der Waals surface area contributed by atoms with Gasteiger partial charge in [0.05, 0.1) is 0 Å². The van der Waals surface area contributed by atoms with Crippen LogP contribution in [0.3, 0.4) is 0 Å². The van der Waals surface area contributed by atoms with Gasteiger partial charge in [0.15, 0.2) is 0 Å². The molecule has 0 aliphatic rings. The molecule has 0 amide bonds. The topological polar surface area (TPSA) is 12.4 Å². The SMILES string of the molecule is CCCP(CCC)(CCC)=N[Si](C)(C)F. The maximum Gasteiger partial charge on any atom is 0.359 e. The molecule has 0 aromatic rings. The lowest BCUT2D eigenvalue weighted by Gasteiger charge is -2.26. The van der Waals surface area contributed by atoms with Crippen molar-refractivity contribution in [2.24, 2.45) is 4.41 Å². The molecule has 4 heteroatoms. The van der Waals surface area contributed by atoms with Crippen LogP contribution in [0, 0.1) is 0 Å². The summed E-state index contributed by atoms with van der Waals surface area (Å²) in [6, 6.07) is 0. The predicted molar refractivity (Wildman–Crippen MR) is 73.4 cm³/mol. The molecule has 0 N–H and O–H groups in total. The first kappa shape index (κ1) is 15.4. The van der Waals surface area contributed by atoms with E-state index in [0.29, 0.717) is 0 Å². The summed E-state index contributed by atoms with van der Waals surface area (Å²) in [5.41, 5.74) is 0. The molecular formula is C11H27FNPSi. The number of halogens is 1. The van der Waals surface area contributed by atoms with Crippen molar-refractivity contribution < 1.29 is 4.11 Å². The molecule has 15 heavy (non-hydrogen) atoms. The highest BCUT2D eigenvalue weighted by Crippen LogP contribution is 2.52. The summed E-state index contributed by atoms with van der Waals surface area (Å²) in [6.07, 6.45) is 6.95. The molecule has 0 unspecified atom stereocenters. The van der Waals surface area contributed by atoms with Gasteiger partial charge in [-0.2, -0.15) is 0 Å². The molecule has 92 valence electrons. The third kappa shape index (κ3) is 6.52. The third-order valence-corrected chi connectivity index (χ3v) is 9.81. The lowest BCUT2D eigenvalue weighted by Crippen LogP contribution is -2.16. The first-order valence-electron chi connectivity index (χ1n) is 6.18. The van der Waals surface area contributed by atoms with Crippen molar-refractivity contribution in [2.45, 2.75) is 53.1 Å². The van der Waals surface area contributed by atoms with Gasteiger partial charge in [0, 0.05) is 0 Å². The molecule has 0 bridgehead atoms. The number of rotatable bonds is 7. The minimum atomic E-state index is -2.73. The van der Waals surface area contributed by atoms with E-state index in [1.165, 1.54) is 0 Å². The van der Waals surface area contributed by atoms with E-state index < -0.39 is 15.6 Å². The van der Waals surface area contributed by atoms with Crippen LogP contribution in [0.25, 0.3) is 0 Å². The van der Waals surface area contributed by atoms with E-state index >= 15 is 0 Å². The molecule has 0 atom stereocenters. The van der Waals surface area contributed by atoms with E-state index in [1.807, 2.05) is 0 Å². The molecule has 0 radical (unpaired) electrons. The summed E-state index contributed by atoms with van der Waals surface area (Å²) >= 11 is 0. The second kappa shape index (κ2) is 6.85. The molecule has 1 nitrogen and oxygen atoms in total. The Bertz CT molecular complexity index is 199. The van der Waals surface area contributed by atoms with Crippen molar-refractivity contribution in [1.29, 1.82) is 0 Å². The Morgan fingerprint density at radius 2 is 1.27 bits per heavy atom. The molecule has 0 spiro atoms. The van der Waals surface area contributed by atoms with Crippen LogP contribution in [0.1, 0.15) is 40.0 Å². The van der Waals surface area contributed by atoms with Crippen molar-refractivity contribution in [1.82, 2.24) is 0 Å². The normalized spacial score (nSPS) is 12.9. The number of nitrogens with zero attached hydrogens (tertiary/aromatic N) is 1. The fourth-order valence-electron chi connectivity index (χ4n) is 2.24. The fraction of sp³-hybridized carbons (Fsp3) is 1.00. The Kier molecular flexibility index (Phi) is 7.02. The van der Waals surface area contributed by atoms with Gasteiger partial charge in [-0.25, -0.2) is 0 Å². The Balaban J connectivity index is 5.00. The van der Waals surface area contributed by atoms with Crippen LogP contribution in [0.5, 0.6) is 0 Å². The summed E-state index contributed by atoms with van der Waals surface area (Å²) in [5, 5.41) is 0. The molecule has 0 aromatic carbocycles. The van der Waals surface area contributed by atoms with E-state index in [4.69, 9.17) is 4.41 Å². The number of hydrogen-bond donors (Lipinski definition) is 0. The zero-order chi connectivity index (χ0) is 11.9. The van der Waals surface area contributed by atoms with Gasteiger partial charge in [0.25, 0.3) is 0 Å². The minimum absolute atomic E-state index is 1.15. The van der Waals surface area contributed by atoms with Gasteiger partial charge in [-0.3, -0.25) is 4.11 Å². The van der Waals surface area contributed by atoms with Crippen molar-refractivity contribution in [2.75, 3.05) is 18.5 Å². The molecule has 0 aromatic heterocycles. The Labute approximate surface area is 96.2 Å². The van der Waals surface area contributed by atoms with Crippen LogP contribution < -0.4 is 0 Å². The van der Waals surface area contributed by atoms with Crippen LogP contribution in [0.2, 0.25) is 13.1 Å². The average Bonchev–Trinajstić information content (AvgIpc) is 2.01. The van der Waals surface area contributed by atoms with E-state index in [0.717, 1.165) is 37.7 Å². The second-order valence-electron chi connectivity index (χ2n) is 4.78. The highest BCUT2D eigenvalue weighted by molar-refractivity contribution is 7.67. The summed E-state index contributed by atoms with van der Waals surface area (Å²) in [6.45, 7) is 10.0. The van der Waals surface area contributed by atoms with Crippen molar-refractivity contribution in [3.05, 3.63) is 0 Å². The van der Waals surface area contributed by atoms with E-state index in [2.05, 4.69) is 20.8 Å². The van der Waals surface area contributed by atoms with Crippen LogP contribution in [0.15, 0.2) is 4.41 Å². The zero-order valence-electron chi connectivity index (χ0n) is 11.0. The molecule has 0 heterocycles. The van der Waals surface area contributed by atoms with E-state index in [-0.39, 0.29) is 0 Å². The van der Waals surface area contributed by atoms with Crippen LogP contribution >= 0.6 is 7.05 Å². The van der Waals surface area contributed by atoms with Gasteiger partial charge in [0.1, 0.15) is 0 Å². The molecule has 0 fully saturated rings. The van der Waals surface area contributed by atoms with Gasteiger partial charge >= 0.3 is 8.57 Å². The maximum absolute atomic E-state index is 13.9. The average molecular weight is 251 g/mol. The van der Waals surface area contributed by atoms with Crippen LogP contribution in [0.4, 0.5) is 4.11 Å². The molecule has 0 saturated heterocycles. The fourth-order valence-corrected chi connectivity index (χ4v) is 10.6. The zero-order valence-corrected chi connectivity index (χ0v) is 12.9. The van der Waals surface area contributed by atoms with Gasteiger partial charge in [-0.15, -0.1) is 0 Å². The van der Waals surface area contributed by atoms with E-state index in [1.54, 1.807) is 13.1 Å². The van der Waals surface area contributed by atoms with Gasteiger partial charge < -0.3 is 4.41 Å². The second-order valence-corrected chi connectivity index (χ2v) is 11.9. The third-order valence-electron chi connectivity index (χ3n) is 2.37. The standard InChI is InChI=1S/C11H27FNPSi/c1-6-9-14(10-7-2,11-8-3)13-15(4,5)12/h6-11H2,1-5H3. The predicted octanol–water partition coefficient (Wildman–Crippen LogP) is 5.09. The smallest absolute Gasteiger partial charge is 0.305 e. The molecule has 0 saturated carbocycles. The van der Waals surface area contributed by atoms with Crippen molar-refractivity contribution in [3.63, 3.8) is 0 Å². The molecular weight excluding hydrogens is 224 g/mol. The monoisotopic (exact) mass is 251 g/mol. The highest BCUT2D eigenvalue weighted by Gasteiger charge is 2.25. The highest BCUT2D eigenvalue weighted by atomic mass is 31.2. The Morgan fingerprint density at radius 3 is 1.47 bits per heavy atom. The van der Waals surface area contributed by atoms with Gasteiger partial charge in [-0.1, -0.05) is 40.0 Å². The van der Waals surface area contributed by atoms with Gasteiger partial charge in [0.2, 0.25) is 0 Å². The summed E-state index contributed by atoms with van der Waals surface area (Å²) in [4.78, 5) is 0. The Morgan fingerprint density at radius 1 is 0.933 bits per heavy atom. The first-order chi connectivity index (χ1) is 6.89. The number of hydrogen-bond acceptors (Lipinski definition) is 1. The first-order valence-corrected chi connectivity index (χ1v) is 11.3. The summed E-state index contributed by atoms with van der Waals surface area (Å²) < 4.78 is 18.5. The van der Waals surface area contributed by atoms with Crippen molar-refractivity contribution >= 4 is 15.6 Å².